The van der Waals surface area contributed by atoms with Crippen molar-refractivity contribution < 1.29 is 26.4 Å². The Kier molecular flexibility index (Phi) is 5.34. The lowest BCUT2D eigenvalue weighted by Crippen LogP contribution is -2.35. The zero-order valence-electron chi connectivity index (χ0n) is 12.7. The molecule has 0 saturated heterocycles. The van der Waals surface area contributed by atoms with E-state index in [1.807, 2.05) is 0 Å². The standard InChI is InChI=1S/C14H16ClF3N2O3S/c1-24(22,23)20(7-6-13(21)19-9-2-3-9)10-4-5-12(15)11(8-10)14(16,17)18/h4-5,8-9H,2-3,6-7H2,1H3,(H,19,21). The summed E-state index contributed by atoms with van der Waals surface area (Å²) in [6.45, 7) is -0.254. The normalized spacial score (nSPS) is 15.2. The minimum atomic E-state index is -4.71. The predicted molar refractivity (Wildman–Crippen MR) is 84.4 cm³/mol. The number of amides is 1. The van der Waals surface area contributed by atoms with Crippen LogP contribution < -0.4 is 9.62 Å². The Morgan fingerprint density at radius 1 is 1.38 bits per heavy atom. The molecule has 1 fully saturated rings. The Labute approximate surface area is 142 Å². The molecule has 134 valence electrons. The van der Waals surface area contributed by atoms with Crippen LogP contribution in [0, 0.1) is 0 Å². The molecular formula is C14H16ClF3N2O3S. The number of anilines is 1. The fraction of sp³-hybridized carbons (Fsp3) is 0.500. The molecular weight excluding hydrogens is 369 g/mol. The molecule has 1 amide bonds. The summed E-state index contributed by atoms with van der Waals surface area (Å²) in [4.78, 5) is 11.7. The van der Waals surface area contributed by atoms with Gasteiger partial charge in [-0.1, -0.05) is 11.6 Å². The molecule has 0 heterocycles. The summed E-state index contributed by atoms with van der Waals surface area (Å²) in [5.41, 5.74) is -1.31. The van der Waals surface area contributed by atoms with Gasteiger partial charge in [0.05, 0.1) is 22.5 Å². The van der Waals surface area contributed by atoms with Gasteiger partial charge in [-0.3, -0.25) is 9.10 Å². The van der Waals surface area contributed by atoms with Crippen LogP contribution in [-0.2, 0) is 21.0 Å². The Morgan fingerprint density at radius 3 is 2.50 bits per heavy atom. The molecule has 0 aromatic heterocycles. The number of carbonyl (C=O) groups is 1. The number of benzene rings is 1. The average molecular weight is 385 g/mol. The predicted octanol–water partition coefficient (Wildman–Crippen LogP) is 2.79. The van der Waals surface area contributed by atoms with E-state index in [1.165, 1.54) is 6.07 Å². The summed E-state index contributed by atoms with van der Waals surface area (Å²) in [6.07, 6.45) is -2.22. The van der Waals surface area contributed by atoms with E-state index < -0.39 is 26.8 Å². The third-order valence-electron chi connectivity index (χ3n) is 3.43. The van der Waals surface area contributed by atoms with Gasteiger partial charge in [0.1, 0.15) is 0 Å². The van der Waals surface area contributed by atoms with E-state index in [9.17, 15) is 26.4 Å². The monoisotopic (exact) mass is 384 g/mol. The van der Waals surface area contributed by atoms with Crippen LogP contribution in [0.5, 0.6) is 0 Å². The summed E-state index contributed by atoms with van der Waals surface area (Å²) in [5.74, 6) is -0.337. The first-order valence-electron chi connectivity index (χ1n) is 7.12. The number of halogens is 4. The van der Waals surface area contributed by atoms with Gasteiger partial charge in [0.2, 0.25) is 15.9 Å². The molecule has 0 aliphatic heterocycles. The molecule has 0 bridgehead atoms. The van der Waals surface area contributed by atoms with Crippen molar-refractivity contribution in [2.45, 2.75) is 31.5 Å². The lowest BCUT2D eigenvalue weighted by Gasteiger charge is -2.23. The molecule has 1 aliphatic carbocycles. The second-order valence-electron chi connectivity index (χ2n) is 5.59. The molecule has 0 radical (unpaired) electrons. The Morgan fingerprint density at radius 2 is 2.00 bits per heavy atom. The van der Waals surface area contributed by atoms with Gasteiger partial charge in [0.15, 0.2) is 0 Å². The molecule has 1 aromatic carbocycles. The maximum atomic E-state index is 12.9. The van der Waals surface area contributed by atoms with E-state index in [4.69, 9.17) is 11.6 Å². The van der Waals surface area contributed by atoms with Gasteiger partial charge in [-0.05, 0) is 31.0 Å². The fourth-order valence-electron chi connectivity index (χ4n) is 2.10. The molecule has 0 atom stereocenters. The maximum Gasteiger partial charge on any atom is 0.417 e. The lowest BCUT2D eigenvalue weighted by molar-refractivity contribution is -0.137. The summed E-state index contributed by atoms with van der Waals surface area (Å²) >= 11 is 5.54. The Hall–Kier alpha value is -1.48. The first-order valence-corrected chi connectivity index (χ1v) is 9.35. The van der Waals surface area contributed by atoms with Gasteiger partial charge in [0, 0.05) is 19.0 Å². The van der Waals surface area contributed by atoms with E-state index in [0.717, 1.165) is 29.5 Å². The molecule has 10 heteroatoms. The SMILES string of the molecule is CS(=O)(=O)N(CCC(=O)NC1CC1)c1ccc(Cl)c(C(F)(F)F)c1. The van der Waals surface area contributed by atoms with Crippen molar-refractivity contribution in [2.75, 3.05) is 17.1 Å². The molecule has 1 aromatic rings. The van der Waals surface area contributed by atoms with Crippen LogP contribution in [0.1, 0.15) is 24.8 Å². The van der Waals surface area contributed by atoms with Crippen LogP contribution in [0.2, 0.25) is 5.02 Å². The third-order valence-corrected chi connectivity index (χ3v) is 4.95. The second-order valence-corrected chi connectivity index (χ2v) is 7.90. The first kappa shape index (κ1) is 18.9. The van der Waals surface area contributed by atoms with E-state index in [-0.39, 0.29) is 30.6 Å². The zero-order chi connectivity index (χ0) is 18.1. The van der Waals surface area contributed by atoms with Crippen LogP contribution in [0.3, 0.4) is 0 Å². The summed E-state index contributed by atoms with van der Waals surface area (Å²) in [5, 5.41) is 2.17. The Balaban J connectivity index is 2.23. The van der Waals surface area contributed by atoms with Crippen molar-refractivity contribution in [3.8, 4) is 0 Å². The van der Waals surface area contributed by atoms with Crippen LogP contribution in [0.4, 0.5) is 18.9 Å². The average Bonchev–Trinajstić information content (AvgIpc) is 3.21. The highest BCUT2D eigenvalue weighted by Gasteiger charge is 2.34. The maximum absolute atomic E-state index is 12.9. The highest BCUT2D eigenvalue weighted by atomic mass is 35.5. The van der Waals surface area contributed by atoms with E-state index in [2.05, 4.69) is 5.32 Å². The van der Waals surface area contributed by atoms with Gasteiger partial charge < -0.3 is 5.32 Å². The third kappa shape index (κ3) is 5.01. The number of rotatable bonds is 6. The number of nitrogens with one attached hydrogen (secondary N) is 1. The van der Waals surface area contributed by atoms with Crippen molar-refractivity contribution in [3.05, 3.63) is 28.8 Å². The molecule has 5 nitrogen and oxygen atoms in total. The molecule has 2 rings (SSSR count). The molecule has 1 saturated carbocycles. The van der Waals surface area contributed by atoms with Crippen molar-refractivity contribution >= 4 is 33.2 Å². The van der Waals surface area contributed by atoms with Gasteiger partial charge in [-0.15, -0.1) is 0 Å². The minimum Gasteiger partial charge on any atom is -0.353 e. The topological polar surface area (TPSA) is 66.5 Å². The van der Waals surface area contributed by atoms with Gasteiger partial charge in [-0.25, -0.2) is 8.42 Å². The minimum absolute atomic E-state index is 0.122. The highest BCUT2D eigenvalue weighted by Crippen LogP contribution is 2.37. The largest absolute Gasteiger partial charge is 0.417 e. The molecule has 0 unspecified atom stereocenters. The van der Waals surface area contributed by atoms with Crippen LogP contribution in [0.15, 0.2) is 18.2 Å². The lowest BCUT2D eigenvalue weighted by atomic mass is 10.2. The van der Waals surface area contributed by atoms with E-state index in [0.29, 0.717) is 6.07 Å². The number of sulfonamides is 1. The van der Waals surface area contributed by atoms with Gasteiger partial charge >= 0.3 is 6.18 Å². The smallest absolute Gasteiger partial charge is 0.353 e. The van der Waals surface area contributed by atoms with Crippen molar-refractivity contribution in [3.63, 3.8) is 0 Å². The van der Waals surface area contributed by atoms with Gasteiger partial charge in [0.25, 0.3) is 0 Å². The van der Waals surface area contributed by atoms with Gasteiger partial charge in [-0.2, -0.15) is 13.2 Å². The molecule has 0 spiro atoms. The van der Waals surface area contributed by atoms with Crippen LogP contribution in [0.25, 0.3) is 0 Å². The second kappa shape index (κ2) is 6.79. The highest BCUT2D eigenvalue weighted by molar-refractivity contribution is 7.92. The van der Waals surface area contributed by atoms with Crippen LogP contribution >= 0.6 is 11.6 Å². The van der Waals surface area contributed by atoms with Crippen LogP contribution in [-0.4, -0.2) is 33.2 Å². The number of carbonyl (C=O) groups excluding carboxylic acids is 1. The number of hydrogen-bond donors (Lipinski definition) is 1. The Bertz CT molecular complexity index is 733. The molecule has 1 N–H and O–H groups in total. The summed E-state index contributed by atoms with van der Waals surface area (Å²) in [7, 11) is -3.86. The number of hydrogen-bond acceptors (Lipinski definition) is 3. The number of nitrogens with zero attached hydrogens (tertiary/aromatic N) is 1. The quantitative estimate of drug-likeness (QED) is 0.820. The first-order chi connectivity index (χ1) is 11.0. The van der Waals surface area contributed by atoms with Crippen molar-refractivity contribution in [1.82, 2.24) is 5.32 Å². The van der Waals surface area contributed by atoms with E-state index in [1.54, 1.807) is 0 Å². The van der Waals surface area contributed by atoms with Crippen molar-refractivity contribution in [2.24, 2.45) is 0 Å². The molecule has 1 aliphatic rings. The summed E-state index contributed by atoms with van der Waals surface area (Å²) in [6, 6.07) is 2.96. The van der Waals surface area contributed by atoms with Crippen molar-refractivity contribution in [1.29, 1.82) is 0 Å². The molecule has 24 heavy (non-hydrogen) atoms. The summed E-state index contributed by atoms with van der Waals surface area (Å²) < 4.78 is 63.4. The van der Waals surface area contributed by atoms with E-state index >= 15 is 0 Å². The fourth-order valence-corrected chi connectivity index (χ4v) is 3.25. The zero-order valence-corrected chi connectivity index (χ0v) is 14.3. The number of alkyl halides is 3.